The monoisotopic (exact) mass is 428 g/mol. The van der Waals surface area contributed by atoms with E-state index in [-0.39, 0.29) is 24.4 Å². The lowest BCUT2D eigenvalue weighted by Gasteiger charge is -2.18. The third kappa shape index (κ3) is 4.99. The summed E-state index contributed by atoms with van der Waals surface area (Å²) in [6, 6.07) is 5.23. The molecule has 0 aliphatic heterocycles. The van der Waals surface area contributed by atoms with E-state index in [9.17, 15) is 10.2 Å². The highest BCUT2D eigenvalue weighted by Gasteiger charge is 2.18. The average Bonchev–Trinajstić information content (AvgIpc) is 3.21. The highest BCUT2D eigenvalue weighted by molar-refractivity contribution is 5.84. The Bertz CT molecular complexity index is 998. The molecule has 0 aliphatic rings. The first-order valence-electron chi connectivity index (χ1n) is 10.8. The molecule has 0 amide bonds. The van der Waals surface area contributed by atoms with Crippen molar-refractivity contribution < 1.29 is 14.9 Å². The standard InChI is InChI=1S/C22H32N6O3/c1-5-15(12-29)25-22-26-20(23-11-14-10-17(31-4)8-9-18(14)30)19-21(27-22)28(13-24-19)16(6-2)7-3/h8-10,13,15-16,29-30H,5-7,11-12H2,1-4H3,(H2,23,25,26,27). The molecule has 2 heterocycles. The molecule has 9 nitrogen and oxygen atoms in total. The zero-order valence-corrected chi connectivity index (χ0v) is 18.6. The van der Waals surface area contributed by atoms with Crippen molar-refractivity contribution in [2.75, 3.05) is 24.4 Å². The molecule has 31 heavy (non-hydrogen) atoms. The number of anilines is 2. The molecule has 0 aliphatic carbocycles. The Morgan fingerprint density at radius 2 is 1.90 bits per heavy atom. The average molecular weight is 429 g/mol. The zero-order chi connectivity index (χ0) is 22.4. The number of ether oxygens (including phenoxy) is 1. The Balaban J connectivity index is 2.00. The van der Waals surface area contributed by atoms with Gasteiger partial charge in [-0.05, 0) is 37.5 Å². The van der Waals surface area contributed by atoms with Crippen LogP contribution >= 0.6 is 0 Å². The van der Waals surface area contributed by atoms with Crippen LogP contribution in [0.4, 0.5) is 11.8 Å². The Hall–Kier alpha value is -3.07. The summed E-state index contributed by atoms with van der Waals surface area (Å²) in [5.41, 5.74) is 2.08. The number of benzene rings is 1. The van der Waals surface area contributed by atoms with Crippen molar-refractivity contribution in [2.45, 2.75) is 58.7 Å². The zero-order valence-electron chi connectivity index (χ0n) is 18.6. The molecular weight excluding hydrogens is 396 g/mol. The molecule has 0 bridgehead atoms. The van der Waals surface area contributed by atoms with E-state index in [1.54, 1.807) is 31.6 Å². The van der Waals surface area contributed by atoms with Gasteiger partial charge >= 0.3 is 0 Å². The Morgan fingerprint density at radius 3 is 2.55 bits per heavy atom. The molecule has 0 radical (unpaired) electrons. The molecular formula is C22H32N6O3. The number of aromatic nitrogens is 4. The number of nitrogens with one attached hydrogen (secondary N) is 2. The fourth-order valence-electron chi connectivity index (χ4n) is 3.52. The van der Waals surface area contributed by atoms with Crippen LogP contribution in [0.15, 0.2) is 24.5 Å². The van der Waals surface area contributed by atoms with Gasteiger partial charge in [0.15, 0.2) is 17.0 Å². The maximum atomic E-state index is 10.2. The number of hydrogen-bond donors (Lipinski definition) is 4. The molecule has 0 spiro atoms. The van der Waals surface area contributed by atoms with Gasteiger partial charge in [0.2, 0.25) is 5.95 Å². The number of aromatic hydroxyl groups is 1. The van der Waals surface area contributed by atoms with Crippen LogP contribution in [0.25, 0.3) is 11.2 Å². The Labute approximate surface area is 182 Å². The van der Waals surface area contributed by atoms with Gasteiger partial charge in [-0.3, -0.25) is 0 Å². The Morgan fingerprint density at radius 1 is 1.13 bits per heavy atom. The second kappa shape index (κ2) is 10.3. The molecule has 9 heteroatoms. The lowest BCUT2D eigenvalue weighted by molar-refractivity contribution is 0.271. The van der Waals surface area contributed by atoms with Crippen LogP contribution in [0.3, 0.4) is 0 Å². The summed E-state index contributed by atoms with van der Waals surface area (Å²) >= 11 is 0. The Kier molecular flexibility index (Phi) is 7.51. The first-order valence-corrected chi connectivity index (χ1v) is 10.8. The van der Waals surface area contributed by atoms with Crippen LogP contribution in [0.1, 0.15) is 51.6 Å². The number of rotatable bonds is 11. The molecule has 1 unspecified atom stereocenters. The number of imidazole rings is 1. The van der Waals surface area contributed by atoms with Crippen LogP contribution in [0.5, 0.6) is 11.5 Å². The molecule has 3 rings (SSSR count). The molecule has 0 saturated heterocycles. The number of aliphatic hydroxyl groups excluding tert-OH is 1. The largest absolute Gasteiger partial charge is 0.508 e. The summed E-state index contributed by atoms with van der Waals surface area (Å²) in [6.45, 7) is 6.60. The fraction of sp³-hybridized carbons (Fsp3) is 0.500. The summed E-state index contributed by atoms with van der Waals surface area (Å²) in [4.78, 5) is 13.9. The summed E-state index contributed by atoms with van der Waals surface area (Å²) in [6.07, 6.45) is 4.47. The minimum absolute atomic E-state index is 0.00977. The molecule has 0 fully saturated rings. The maximum absolute atomic E-state index is 10.2. The van der Waals surface area contributed by atoms with E-state index < -0.39 is 0 Å². The second-order valence-corrected chi connectivity index (χ2v) is 7.47. The number of aliphatic hydroxyl groups is 1. The lowest BCUT2D eigenvalue weighted by Crippen LogP contribution is -2.24. The molecule has 2 aromatic heterocycles. The van der Waals surface area contributed by atoms with Crippen LogP contribution in [-0.2, 0) is 6.54 Å². The third-order valence-corrected chi connectivity index (χ3v) is 5.54. The SMILES string of the molecule is CCC(CO)Nc1nc(NCc2cc(OC)ccc2O)c2ncn(C(CC)CC)c2n1. The fourth-order valence-corrected chi connectivity index (χ4v) is 3.52. The lowest BCUT2D eigenvalue weighted by atomic mass is 10.2. The van der Waals surface area contributed by atoms with E-state index in [0.29, 0.717) is 35.1 Å². The van der Waals surface area contributed by atoms with E-state index in [4.69, 9.17) is 9.72 Å². The van der Waals surface area contributed by atoms with Gasteiger partial charge < -0.3 is 30.2 Å². The van der Waals surface area contributed by atoms with Crippen LogP contribution in [0.2, 0.25) is 0 Å². The van der Waals surface area contributed by atoms with E-state index in [1.807, 2.05) is 6.92 Å². The first-order chi connectivity index (χ1) is 15.0. The van der Waals surface area contributed by atoms with Gasteiger partial charge in [0.05, 0.1) is 26.1 Å². The van der Waals surface area contributed by atoms with Crippen molar-refractivity contribution in [1.82, 2.24) is 19.5 Å². The number of methoxy groups -OCH3 is 1. The van der Waals surface area contributed by atoms with E-state index in [2.05, 4.69) is 39.0 Å². The quantitative estimate of drug-likeness (QED) is 0.365. The van der Waals surface area contributed by atoms with Gasteiger partial charge in [-0.2, -0.15) is 9.97 Å². The van der Waals surface area contributed by atoms with Crippen molar-refractivity contribution in [1.29, 1.82) is 0 Å². The van der Waals surface area contributed by atoms with Crippen molar-refractivity contribution in [3.05, 3.63) is 30.1 Å². The smallest absolute Gasteiger partial charge is 0.227 e. The minimum atomic E-state index is -0.141. The van der Waals surface area contributed by atoms with Crippen LogP contribution in [-0.4, -0.2) is 49.5 Å². The molecule has 1 atom stereocenters. The highest BCUT2D eigenvalue weighted by Crippen LogP contribution is 2.28. The van der Waals surface area contributed by atoms with Crippen LogP contribution in [0, 0.1) is 0 Å². The van der Waals surface area contributed by atoms with Gasteiger partial charge in [0.1, 0.15) is 11.5 Å². The van der Waals surface area contributed by atoms with Crippen molar-refractivity contribution >= 4 is 22.9 Å². The van der Waals surface area contributed by atoms with Crippen molar-refractivity contribution in [3.8, 4) is 11.5 Å². The van der Waals surface area contributed by atoms with Gasteiger partial charge in [-0.25, -0.2) is 4.98 Å². The van der Waals surface area contributed by atoms with Crippen molar-refractivity contribution in [2.24, 2.45) is 0 Å². The number of fused-ring (bicyclic) bond motifs is 1. The number of nitrogens with zero attached hydrogens (tertiary/aromatic N) is 4. The van der Waals surface area contributed by atoms with Crippen LogP contribution < -0.4 is 15.4 Å². The van der Waals surface area contributed by atoms with Crippen molar-refractivity contribution in [3.63, 3.8) is 0 Å². The third-order valence-electron chi connectivity index (χ3n) is 5.54. The topological polar surface area (TPSA) is 117 Å². The predicted molar refractivity (Wildman–Crippen MR) is 122 cm³/mol. The van der Waals surface area contributed by atoms with Gasteiger partial charge in [0.25, 0.3) is 0 Å². The normalized spacial score (nSPS) is 12.3. The van der Waals surface area contributed by atoms with E-state index in [1.165, 1.54) is 0 Å². The summed E-state index contributed by atoms with van der Waals surface area (Å²) in [5.74, 6) is 1.83. The van der Waals surface area contributed by atoms with Gasteiger partial charge in [0, 0.05) is 18.2 Å². The number of phenolic OH excluding ortho intramolecular Hbond substituents is 1. The molecule has 4 N–H and O–H groups in total. The van der Waals surface area contributed by atoms with E-state index in [0.717, 1.165) is 24.9 Å². The second-order valence-electron chi connectivity index (χ2n) is 7.47. The predicted octanol–water partition coefficient (Wildman–Crippen LogP) is 3.70. The number of phenols is 1. The molecule has 1 aromatic carbocycles. The molecule has 3 aromatic rings. The molecule has 0 saturated carbocycles. The van der Waals surface area contributed by atoms with Gasteiger partial charge in [-0.1, -0.05) is 20.8 Å². The summed E-state index contributed by atoms with van der Waals surface area (Å²) < 4.78 is 7.34. The summed E-state index contributed by atoms with van der Waals surface area (Å²) in [5, 5.41) is 26.3. The molecule has 168 valence electrons. The minimum Gasteiger partial charge on any atom is -0.508 e. The first kappa shape index (κ1) is 22.6. The number of hydrogen-bond acceptors (Lipinski definition) is 8. The van der Waals surface area contributed by atoms with Gasteiger partial charge in [-0.15, -0.1) is 0 Å². The van der Waals surface area contributed by atoms with E-state index >= 15 is 0 Å². The summed E-state index contributed by atoms with van der Waals surface area (Å²) in [7, 11) is 1.59. The highest BCUT2D eigenvalue weighted by atomic mass is 16.5. The maximum Gasteiger partial charge on any atom is 0.227 e.